The summed E-state index contributed by atoms with van der Waals surface area (Å²) in [6, 6.07) is 2.34. The maximum Gasteiger partial charge on any atom is 0.341 e. The fourth-order valence-electron chi connectivity index (χ4n) is 3.91. The number of rotatable bonds is 8. The summed E-state index contributed by atoms with van der Waals surface area (Å²) in [7, 11) is 1.59. The molecule has 0 unspecified atom stereocenters. The molecular weight excluding hydrogens is 330 g/mol. The quantitative estimate of drug-likeness (QED) is 0.547. The zero-order valence-corrected chi connectivity index (χ0v) is 15.7. The summed E-state index contributed by atoms with van der Waals surface area (Å²) in [4.78, 5) is 20.0. The molecule has 6 nitrogen and oxygen atoms in total. The molecule has 2 atom stereocenters. The Hall–Kier alpha value is -2.08. The van der Waals surface area contributed by atoms with Crippen molar-refractivity contribution >= 4 is 22.7 Å². The Balaban J connectivity index is 1.81. The molecule has 1 aliphatic rings. The fraction of sp³-hybridized carbons (Fsp3) is 0.600. The third kappa shape index (κ3) is 4.36. The van der Waals surface area contributed by atoms with E-state index in [4.69, 9.17) is 9.47 Å². The van der Waals surface area contributed by atoms with Gasteiger partial charge in [-0.2, -0.15) is 0 Å². The molecule has 0 bridgehead atoms. The number of hydrogen-bond acceptors (Lipinski definition) is 5. The van der Waals surface area contributed by atoms with E-state index >= 15 is 0 Å². The van der Waals surface area contributed by atoms with Crippen LogP contribution in [0.2, 0.25) is 0 Å². The molecule has 6 heteroatoms. The number of carbonyl (C=O) groups excluding carboxylic acids is 1. The minimum Gasteiger partial charge on any atom is -0.460 e. The largest absolute Gasteiger partial charge is 0.460 e. The molecule has 0 aliphatic heterocycles. The molecule has 2 heterocycles. The van der Waals surface area contributed by atoms with Gasteiger partial charge in [0.15, 0.2) is 0 Å². The lowest BCUT2D eigenvalue weighted by molar-refractivity contribution is 0.0389. The van der Waals surface area contributed by atoms with E-state index in [1.54, 1.807) is 13.3 Å². The molecule has 1 fully saturated rings. The lowest BCUT2D eigenvalue weighted by Crippen LogP contribution is -2.28. The van der Waals surface area contributed by atoms with E-state index < -0.39 is 0 Å². The maximum absolute atomic E-state index is 12.5. The standard InChI is InChI=1S/C20H29N3O3/c1-3-5-14-6-4-7-15(12-14)23-18-16-8-9-21-19(16)22-13-17(18)20(24)26-11-10-25-2/h8-9,13-15H,3-7,10-12H2,1-2H3,(H2,21,22,23)/t14-,15+/m0/s1. The van der Waals surface area contributed by atoms with Gasteiger partial charge in [0.25, 0.3) is 0 Å². The number of nitrogens with zero attached hydrogens (tertiary/aromatic N) is 1. The number of methoxy groups -OCH3 is 1. The SMILES string of the molecule is CCC[C@H]1CCC[C@@H](Nc2c(C(=O)OCCOC)cnc3[nH]ccc23)C1. The highest BCUT2D eigenvalue weighted by molar-refractivity contribution is 6.04. The lowest BCUT2D eigenvalue weighted by Gasteiger charge is -2.31. The normalized spacial score (nSPS) is 20.2. The van der Waals surface area contributed by atoms with Gasteiger partial charge in [0.1, 0.15) is 17.8 Å². The summed E-state index contributed by atoms with van der Waals surface area (Å²) >= 11 is 0. The summed E-state index contributed by atoms with van der Waals surface area (Å²) < 4.78 is 10.3. The second kappa shape index (κ2) is 9.03. The molecule has 1 saturated carbocycles. The monoisotopic (exact) mass is 359 g/mol. The highest BCUT2D eigenvalue weighted by Gasteiger charge is 2.24. The summed E-state index contributed by atoms with van der Waals surface area (Å²) in [5, 5.41) is 4.58. The number of hydrogen-bond donors (Lipinski definition) is 2. The minimum absolute atomic E-state index is 0.238. The Morgan fingerprint density at radius 2 is 2.27 bits per heavy atom. The number of nitrogens with one attached hydrogen (secondary N) is 2. The van der Waals surface area contributed by atoms with Crippen molar-refractivity contribution in [2.75, 3.05) is 25.6 Å². The third-order valence-corrected chi connectivity index (χ3v) is 5.16. The van der Waals surface area contributed by atoms with Crippen LogP contribution >= 0.6 is 0 Å². The summed E-state index contributed by atoms with van der Waals surface area (Å²) in [6.45, 7) is 2.87. The molecule has 0 amide bonds. The number of fused-ring (bicyclic) bond motifs is 1. The molecule has 2 N–H and O–H groups in total. The second-order valence-electron chi connectivity index (χ2n) is 7.08. The zero-order valence-electron chi connectivity index (χ0n) is 15.7. The maximum atomic E-state index is 12.5. The third-order valence-electron chi connectivity index (χ3n) is 5.16. The van der Waals surface area contributed by atoms with Gasteiger partial charge in [-0.1, -0.05) is 32.6 Å². The van der Waals surface area contributed by atoms with E-state index in [2.05, 4.69) is 22.2 Å². The molecule has 3 rings (SSSR count). The molecule has 142 valence electrons. The van der Waals surface area contributed by atoms with E-state index in [0.29, 0.717) is 18.2 Å². The Morgan fingerprint density at radius 1 is 1.38 bits per heavy atom. The van der Waals surface area contributed by atoms with E-state index in [1.165, 1.54) is 25.7 Å². The van der Waals surface area contributed by atoms with Crippen LogP contribution in [0.3, 0.4) is 0 Å². The number of carbonyl (C=O) groups is 1. The van der Waals surface area contributed by atoms with Gasteiger partial charge in [-0.25, -0.2) is 9.78 Å². The van der Waals surface area contributed by atoms with Crippen LogP contribution in [0.5, 0.6) is 0 Å². The van der Waals surface area contributed by atoms with E-state index in [1.807, 2.05) is 12.3 Å². The van der Waals surface area contributed by atoms with Gasteiger partial charge in [-0.05, 0) is 24.8 Å². The number of pyridine rings is 1. The van der Waals surface area contributed by atoms with Crippen molar-refractivity contribution in [3.8, 4) is 0 Å². The molecule has 26 heavy (non-hydrogen) atoms. The Labute approximate surface area is 154 Å². The van der Waals surface area contributed by atoms with Crippen molar-refractivity contribution in [2.45, 2.75) is 51.5 Å². The highest BCUT2D eigenvalue weighted by Crippen LogP contribution is 2.33. The molecule has 1 aliphatic carbocycles. The van der Waals surface area contributed by atoms with Crippen LogP contribution in [0, 0.1) is 5.92 Å². The van der Waals surface area contributed by atoms with Crippen LogP contribution in [0.1, 0.15) is 55.8 Å². The van der Waals surface area contributed by atoms with E-state index in [-0.39, 0.29) is 12.6 Å². The number of ether oxygens (including phenoxy) is 2. The highest BCUT2D eigenvalue weighted by atomic mass is 16.6. The van der Waals surface area contributed by atoms with E-state index in [9.17, 15) is 4.79 Å². The minimum atomic E-state index is -0.360. The zero-order chi connectivity index (χ0) is 18.4. The van der Waals surface area contributed by atoms with Crippen LogP contribution in [0.25, 0.3) is 11.0 Å². The van der Waals surface area contributed by atoms with Crippen LogP contribution in [0.4, 0.5) is 5.69 Å². The first kappa shape index (κ1) is 18.7. The van der Waals surface area contributed by atoms with Crippen molar-refractivity contribution in [1.29, 1.82) is 0 Å². The van der Waals surface area contributed by atoms with Crippen LogP contribution in [-0.4, -0.2) is 42.3 Å². The molecule has 2 aromatic heterocycles. The van der Waals surface area contributed by atoms with Gasteiger partial charge in [-0.3, -0.25) is 0 Å². The fourth-order valence-corrected chi connectivity index (χ4v) is 3.91. The summed E-state index contributed by atoms with van der Waals surface area (Å²) in [5.41, 5.74) is 2.11. The predicted molar refractivity (Wildman–Crippen MR) is 103 cm³/mol. The first-order valence-corrected chi connectivity index (χ1v) is 9.61. The Kier molecular flexibility index (Phi) is 6.50. The van der Waals surface area contributed by atoms with Gasteiger partial charge >= 0.3 is 5.97 Å². The molecular formula is C20H29N3O3. The Morgan fingerprint density at radius 3 is 3.08 bits per heavy atom. The van der Waals surface area contributed by atoms with Crippen LogP contribution in [-0.2, 0) is 9.47 Å². The summed E-state index contributed by atoms with van der Waals surface area (Å²) in [5.74, 6) is 0.410. The van der Waals surface area contributed by atoms with Crippen molar-refractivity contribution in [2.24, 2.45) is 5.92 Å². The summed E-state index contributed by atoms with van der Waals surface area (Å²) in [6.07, 6.45) is 10.8. The van der Waals surface area contributed by atoms with Crippen molar-refractivity contribution in [3.63, 3.8) is 0 Å². The number of esters is 1. The number of aromatic amines is 1. The van der Waals surface area contributed by atoms with Gasteiger partial charge < -0.3 is 19.8 Å². The number of H-pyrrole nitrogens is 1. The molecule has 2 aromatic rings. The Bertz CT molecular complexity index is 726. The topological polar surface area (TPSA) is 76.2 Å². The van der Waals surface area contributed by atoms with Crippen molar-refractivity contribution in [1.82, 2.24) is 9.97 Å². The van der Waals surface area contributed by atoms with Gasteiger partial charge in [0.2, 0.25) is 0 Å². The van der Waals surface area contributed by atoms with Crippen LogP contribution < -0.4 is 5.32 Å². The van der Waals surface area contributed by atoms with Crippen LogP contribution in [0.15, 0.2) is 18.5 Å². The average molecular weight is 359 g/mol. The molecule has 0 radical (unpaired) electrons. The van der Waals surface area contributed by atoms with Gasteiger partial charge in [-0.15, -0.1) is 0 Å². The molecule has 0 saturated heterocycles. The molecule has 0 spiro atoms. The number of anilines is 1. The van der Waals surface area contributed by atoms with Crippen molar-refractivity contribution < 1.29 is 14.3 Å². The van der Waals surface area contributed by atoms with E-state index in [0.717, 1.165) is 35.5 Å². The smallest absolute Gasteiger partial charge is 0.341 e. The van der Waals surface area contributed by atoms with Crippen molar-refractivity contribution in [3.05, 3.63) is 24.0 Å². The lowest BCUT2D eigenvalue weighted by atomic mass is 9.83. The van der Waals surface area contributed by atoms with Gasteiger partial charge in [0.05, 0.1) is 12.3 Å². The van der Waals surface area contributed by atoms with Gasteiger partial charge in [0, 0.05) is 30.9 Å². The predicted octanol–water partition coefficient (Wildman–Crippen LogP) is 4.14. The average Bonchev–Trinajstić information content (AvgIpc) is 3.12. The molecule has 0 aromatic carbocycles. The number of aromatic nitrogens is 2. The first-order chi connectivity index (χ1) is 12.7. The second-order valence-corrected chi connectivity index (χ2v) is 7.08. The first-order valence-electron chi connectivity index (χ1n) is 9.61.